The van der Waals surface area contributed by atoms with Crippen LogP contribution in [0.2, 0.25) is 0 Å². The third-order valence-corrected chi connectivity index (χ3v) is 6.82. The summed E-state index contributed by atoms with van der Waals surface area (Å²) in [6, 6.07) is 19.7. The van der Waals surface area contributed by atoms with E-state index in [1.165, 1.54) is 17.3 Å². The van der Waals surface area contributed by atoms with Crippen molar-refractivity contribution in [3.8, 4) is 17.1 Å². The molecule has 2 aromatic heterocycles. The number of aromatic nitrogens is 4. The number of thioether (sulfide) groups is 1. The highest BCUT2D eigenvalue weighted by atomic mass is 79.9. The maximum Gasteiger partial charge on any atom is 0.234 e. The van der Waals surface area contributed by atoms with Gasteiger partial charge >= 0.3 is 0 Å². The van der Waals surface area contributed by atoms with E-state index < -0.39 is 0 Å². The van der Waals surface area contributed by atoms with Crippen molar-refractivity contribution in [3.63, 3.8) is 0 Å². The maximum atomic E-state index is 12.6. The van der Waals surface area contributed by atoms with Crippen LogP contribution in [-0.4, -0.2) is 31.4 Å². The second kappa shape index (κ2) is 10.8. The molecule has 4 aromatic rings. The fraction of sp³-hybridized carbons (Fsp3) is 0.200. The van der Waals surface area contributed by atoms with Gasteiger partial charge in [0, 0.05) is 33.8 Å². The van der Waals surface area contributed by atoms with Crippen LogP contribution in [0.25, 0.3) is 17.1 Å². The summed E-state index contributed by atoms with van der Waals surface area (Å²) in [7, 11) is 0. The van der Waals surface area contributed by atoms with E-state index in [2.05, 4.69) is 62.4 Å². The normalized spacial score (nSPS) is 11.8. The first kappa shape index (κ1) is 23.2. The van der Waals surface area contributed by atoms with Gasteiger partial charge in [0.15, 0.2) is 11.0 Å². The van der Waals surface area contributed by atoms with E-state index in [0.29, 0.717) is 16.9 Å². The number of halogens is 1. The molecular weight excluding hydrogens is 498 g/mol. The van der Waals surface area contributed by atoms with Gasteiger partial charge in [-0.3, -0.25) is 14.3 Å². The third kappa shape index (κ3) is 5.69. The van der Waals surface area contributed by atoms with Gasteiger partial charge in [-0.25, -0.2) is 0 Å². The fourth-order valence-electron chi connectivity index (χ4n) is 3.33. The van der Waals surface area contributed by atoms with E-state index in [-0.39, 0.29) is 11.7 Å². The predicted molar refractivity (Wildman–Crippen MR) is 137 cm³/mol. The molecule has 2 heterocycles. The van der Waals surface area contributed by atoms with Crippen molar-refractivity contribution in [1.82, 2.24) is 19.7 Å². The Labute approximate surface area is 206 Å². The van der Waals surface area contributed by atoms with E-state index in [1.807, 2.05) is 53.1 Å². The molecule has 1 atom stereocenters. The standard InChI is InChI=1S/C25H24BrN5OS/c1-3-17(2)18-4-8-21(9-5-18)28-23(32)16-33-25-30-29-24(19-12-14-27-15-13-19)31(25)22-10-6-20(26)7-11-22/h4-15,17H,3,16H2,1-2H3,(H,28,32)/t17-/m0/s1. The molecule has 4 rings (SSSR count). The fourth-order valence-corrected chi connectivity index (χ4v) is 4.35. The lowest BCUT2D eigenvalue weighted by atomic mass is 9.99. The summed E-state index contributed by atoms with van der Waals surface area (Å²) in [6.45, 7) is 4.37. The summed E-state index contributed by atoms with van der Waals surface area (Å²) in [5.74, 6) is 1.33. The molecule has 0 spiro atoms. The van der Waals surface area contributed by atoms with Crippen LogP contribution in [0.5, 0.6) is 0 Å². The van der Waals surface area contributed by atoms with Crippen LogP contribution < -0.4 is 5.32 Å². The van der Waals surface area contributed by atoms with Gasteiger partial charge in [-0.1, -0.05) is 53.7 Å². The van der Waals surface area contributed by atoms with E-state index >= 15 is 0 Å². The average molecular weight is 522 g/mol. The second-order valence-electron chi connectivity index (χ2n) is 7.62. The van der Waals surface area contributed by atoms with Gasteiger partial charge in [0.1, 0.15) is 0 Å². The first-order chi connectivity index (χ1) is 16.0. The number of carbonyl (C=O) groups is 1. The van der Waals surface area contributed by atoms with Gasteiger partial charge < -0.3 is 5.32 Å². The Balaban J connectivity index is 1.51. The summed E-state index contributed by atoms with van der Waals surface area (Å²) in [6.07, 6.45) is 4.54. The zero-order chi connectivity index (χ0) is 23.2. The lowest BCUT2D eigenvalue weighted by Crippen LogP contribution is -2.14. The first-order valence-electron chi connectivity index (χ1n) is 10.7. The topological polar surface area (TPSA) is 72.7 Å². The first-order valence-corrected chi connectivity index (χ1v) is 12.5. The molecule has 0 saturated carbocycles. The Hall–Kier alpha value is -2.97. The molecule has 0 aliphatic carbocycles. The maximum absolute atomic E-state index is 12.6. The van der Waals surface area contributed by atoms with Crippen molar-refractivity contribution in [2.24, 2.45) is 0 Å². The van der Waals surface area contributed by atoms with Crippen molar-refractivity contribution in [3.05, 3.63) is 83.1 Å². The highest BCUT2D eigenvalue weighted by Crippen LogP contribution is 2.28. The highest BCUT2D eigenvalue weighted by molar-refractivity contribution is 9.10. The van der Waals surface area contributed by atoms with E-state index in [0.717, 1.165) is 27.8 Å². The molecule has 0 radical (unpaired) electrons. The van der Waals surface area contributed by atoms with Gasteiger partial charge in [0.25, 0.3) is 0 Å². The number of benzene rings is 2. The monoisotopic (exact) mass is 521 g/mol. The molecule has 0 bridgehead atoms. The summed E-state index contributed by atoms with van der Waals surface area (Å²) >= 11 is 4.83. The Morgan fingerprint density at radius 2 is 1.73 bits per heavy atom. The summed E-state index contributed by atoms with van der Waals surface area (Å²) in [5, 5.41) is 12.4. The Bertz CT molecular complexity index is 1210. The summed E-state index contributed by atoms with van der Waals surface area (Å²) < 4.78 is 2.94. The molecule has 1 amide bonds. The minimum absolute atomic E-state index is 0.0906. The number of rotatable bonds is 8. The number of carbonyl (C=O) groups excluding carboxylic acids is 1. The molecule has 168 valence electrons. The van der Waals surface area contributed by atoms with Gasteiger partial charge in [-0.05, 0) is 66.4 Å². The number of nitrogens with one attached hydrogen (secondary N) is 1. The van der Waals surface area contributed by atoms with Crippen LogP contribution in [0.1, 0.15) is 31.7 Å². The highest BCUT2D eigenvalue weighted by Gasteiger charge is 2.17. The van der Waals surface area contributed by atoms with Crippen LogP contribution in [0.4, 0.5) is 5.69 Å². The number of pyridine rings is 1. The largest absolute Gasteiger partial charge is 0.325 e. The van der Waals surface area contributed by atoms with Crippen LogP contribution in [-0.2, 0) is 4.79 Å². The minimum Gasteiger partial charge on any atom is -0.325 e. The number of amides is 1. The Morgan fingerprint density at radius 1 is 1.03 bits per heavy atom. The molecule has 1 N–H and O–H groups in total. The third-order valence-electron chi connectivity index (χ3n) is 5.36. The summed E-state index contributed by atoms with van der Waals surface area (Å²) in [4.78, 5) is 16.7. The molecule has 0 aliphatic heterocycles. The van der Waals surface area contributed by atoms with Crippen molar-refractivity contribution in [1.29, 1.82) is 0 Å². The van der Waals surface area contributed by atoms with E-state index in [1.54, 1.807) is 12.4 Å². The lowest BCUT2D eigenvalue weighted by Gasteiger charge is -2.11. The summed E-state index contributed by atoms with van der Waals surface area (Å²) in [5.41, 5.74) is 3.88. The molecule has 33 heavy (non-hydrogen) atoms. The van der Waals surface area contributed by atoms with E-state index in [4.69, 9.17) is 0 Å². The molecule has 0 fully saturated rings. The van der Waals surface area contributed by atoms with Gasteiger partial charge in [-0.2, -0.15) is 0 Å². The molecule has 0 saturated heterocycles. The lowest BCUT2D eigenvalue weighted by molar-refractivity contribution is -0.113. The Morgan fingerprint density at radius 3 is 2.39 bits per heavy atom. The van der Waals surface area contributed by atoms with Crippen molar-refractivity contribution < 1.29 is 4.79 Å². The average Bonchev–Trinajstić information content (AvgIpc) is 3.28. The van der Waals surface area contributed by atoms with Gasteiger partial charge in [-0.15, -0.1) is 10.2 Å². The minimum atomic E-state index is -0.0906. The molecule has 0 unspecified atom stereocenters. The number of nitrogens with zero attached hydrogens (tertiary/aromatic N) is 4. The second-order valence-corrected chi connectivity index (χ2v) is 9.48. The van der Waals surface area contributed by atoms with Gasteiger partial charge in [0.05, 0.1) is 5.75 Å². The predicted octanol–water partition coefficient (Wildman–Crippen LogP) is 6.34. The van der Waals surface area contributed by atoms with Gasteiger partial charge in [0.2, 0.25) is 5.91 Å². The van der Waals surface area contributed by atoms with E-state index in [9.17, 15) is 4.79 Å². The molecule has 0 aliphatic rings. The molecule has 8 heteroatoms. The number of hydrogen-bond acceptors (Lipinski definition) is 5. The van der Waals surface area contributed by atoms with Crippen LogP contribution in [0.15, 0.2) is 82.7 Å². The van der Waals surface area contributed by atoms with Crippen molar-refractivity contribution >= 4 is 39.3 Å². The van der Waals surface area contributed by atoms with Crippen molar-refractivity contribution in [2.45, 2.75) is 31.3 Å². The number of hydrogen-bond donors (Lipinski definition) is 1. The molecule has 6 nitrogen and oxygen atoms in total. The van der Waals surface area contributed by atoms with Crippen LogP contribution in [0.3, 0.4) is 0 Å². The quantitative estimate of drug-likeness (QED) is 0.274. The Kier molecular flexibility index (Phi) is 7.57. The SMILES string of the molecule is CC[C@H](C)c1ccc(NC(=O)CSc2nnc(-c3ccncc3)n2-c2ccc(Br)cc2)cc1. The molecule has 2 aromatic carbocycles. The zero-order valence-electron chi connectivity index (χ0n) is 18.4. The van der Waals surface area contributed by atoms with Crippen LogP contribution >= 0.6 is 27.7 Å². The van der Waals surface area contributed by atoms with Crippen molar-refractivity contribution in [2.75, 3.05) is 11.1 Å². The smallest absolute Gasteiger partial charge is 0.234 e. The number of anilines is 1. The van der Waals surface area contributed by atoms with Crippen LogP contribution in [0, 0.1) is 0 Å². The molecular formula is C25H24BrN5OS. The zero-order valence-corrected chi connectivity index (χ0v) is 20.8.